The van der Waals surface area contributed by atoms with Crippen LogP contribution < -0.4 is 4.90 Å². The Balaban J connectivity index is 2.14. The Bertz CT molecular complexity index is 656. The van der Waals surface area contributed by atoms with E-state index < -0.39 is 17.6 Å². The van der Waals surface area contributed by atoms with E-state index in [1.807, 2.05) is 0 Å². The molecule has 144 valence electrons. The first kappa shape index (κ1) is 20.6. The van der Waals surface area contributed by atoms with Crippen LogP contribution in [-0.4, -0.2) is 36.3 Å². The maximum atomic E-state index is 13.0. The van der Waals surface area contributed by atoms with E-state index in [1.54, 1.807) is 4.90 Å². The molecule has 2 rings (SSSR count). The number of anilines is 1. The number of carbonyl (C=O) groups is 2. The first-order chi connectivity index (χ1) is 12.2. The summed E-state index contributed by atoms with van der Waals surface area (Å²) in [6.45, 7) is 2.60. The lowest BCUT2D eigenvalue weighted by Crippen LogP contribution is -2.37. The van der Waals surface area contributed by atoms with E-state index >= 15 is 0 Å². The van der Waals surface area contributed by atoms with Crippen LogP contribution in [0.25, 0.3) is 0 Å². The van der Waals surface area contributed by atoms with Gasteiger partial charge in [-0.25, -0.2) is 0 Å². The van der Waals surface area contributed by atoms with Gasteiger partial charge >= 0.3 is 6.18 Å². The third kappa shape index (κ3) is 5.37. The van der Waals surface area contributed by atoms with Gasteiger partial charge in [0.1, 0.15) is 0 Å². The second kappa shape index (κ2) is 8.75. The number of hydrogen-bond acceptors (Lipinski definition) is 2. The fourth-order valence-electron chi connectivity index (χ4n) is 3.03. The second-order valence-corrected chi connectivity index (χ2v) is 6.79. The van der Waals surface area contributed by atoms with E-state index in [1.165, 1.54) is 6.92 Å². The van der Waals surface area contributed by atoms with E-state index in [2.05, 4.69) is 0 Å². The molecule has 1 aliphatic rings. The van der Waals surface area contributed by atoms with Crippen LogP contribution in [0.4, 0.5) is 18.9 Å². The highest BCUT2D eigenvalue weighted by Crippen LogP contribution is 2.35. The summed E-state index contributed by atoms with van der Waals surface area (Å²) in [6, 6.07) is 2.83. The summed E-state index contributed by atoms with van der Waals surface area (Å²) in [4.78, 5) is 27.3. The van der Waals surface area contributed by atoms with Gasteiger partial charge in [0.05, 0.1) is 16.3 Å². The molecule has 1 aromatic carbocycles. The molecule has 8 heteroatoms. The summed E-state index contributed by atoms with van der Waals surface area (Å²) < 4.78 is 38.9. The van der Waals surface area contributed by atoms with E-state index in [-0.39, 0.29) is 29.6 Å². The lowest BCUT2D eigenvalue weighted by molar-refractivity contribution is -0.137. The second-order valence-electron chi connectivity index (χ2n) is 6.38. The number of alkyl halides is 3. The fourth-order valence-corrected chi connectivity index (χ4v) is 3.25. The van der Waals surface area contributed by atoms with Crippen LogP contribution in [0.2, 0.25) is 5.02 Å². The largest absolute Gasteiger partial charge is 0.416 e. The van der Waals surface area contributed by atoms with Crippen molar-refractivity contribution in [2.45, 2.75) is 45.2 Å². The Kier molecular flexibility index (Phi) is 6.92. The maximum absolute atomic E-state index is 13.0. The average molecular weight is 391 g/mol. The number of amides is 2. The highest BCUT2D eigenvalue weighted by Gasteiger charge is 2.32. The van der Waals surface area contributed by atoms with Crippen molar-refractivity contribution in [2.24, 2.45) is 0 Å². The minimum Gasteiger partial charge on any atom is -0.343 e. The molecule has 1 fully saturated rings. The Morgan fingerprint density at radius 2 is 1.77 bits per heavy atom. The molecule has 0 radical (unpaired) electrons. The standard InChI is InChI=1S/C18H22ClF3N2O2/c1-13(25)24(11-8-17(26)23-9-4-2-3-5-10-23)16-12-14(18(20,21)22)6-7-15(16)19/h6-7,12H,2-5,8-11H2,1H3. The molecule has 26 heavy (non-hydrogen) atoms. The third-order valence-corrected chi connectivity index (χ3v) is 4.77. The van der Waals surface area contributed by atoms with Crippen molar-refractivity contribution in [2.75, 3.05) is 24.5 Å². The Morgan fingerprint density at radius 1 is 1.15 bits per heavy atom. The number of rotatable bonds is 4. The summed E-state index contributed by atoms with van der Waals surface area (Å²) >= 11 is 6.01. The van der Waals surface area contributed by atoms with Gasteiger partial charge in [0, 0.05) is 33.0 Å². The summed E-state index contributed by atoms with van der Waals surface area (Å²) in [5.74, 6) is -0.559. The van der Waals surface area contributed by atoms with E-state index in [9.17, 15) is 22.8 Å². The fraction of sp³-hybridized carbons (Fsp3) is 0.556. The lowest BCUT2D eigenvalue weighted by atomic mass is 10.1. The third-order valence-electron chi connectivity index (χ3n) is 4.45. The predicted molar refractivity (Wildman–Crippen MR) is 94.1 cm³/mol. The van der Waals surface area contributed by atoms with E-state index in [0.717, 1.165) is 48.8 Å². The highest BCUT2D eigenvalue weighted by molar-refractivity contribution is 6.33. The molecule has 1 heterocycles. The molecular weight excluding hydrogens is 369 g/mol. The molecule has 0 N–H and O–H groups in total. The van der Waals surface area contributed by atoms with Gasteiger partial charge in [-0.05, 0) is 31.0 Å². The van der Waals surface area contributed by atoms with Crippen molar-refractivity contribution in [3.63, 3.8) is 0 Å². The van der Waals surface area contributed by atoms with Gasteiger partial charge in [-0.3, -0.25) is 9.59 Å². The first-order valence-corrected chi connectivity index (χ1v) is 9.00. The predicted octanol–water partition coefficient (Wildman–Crippen LogP) is 4.50. The van der Waals surface area contributed by atoms with Crippen LogP contribution >= 0.6 is 11.6 Å². The number of hydrogen-bond donors (Lipinski definition) is 0. The Hall–Kier alpha value is -1.76. The molecule has 0 saturated carbocycles. The molecule has 1 aromatic rings. The summed E-state index contributed by atoms with van der Waals surface area (Å²) in [7, 11) is 0. The Morgan fingerprint density at radius 3 is 2.31 bits per heavy atom. The average Bonchev–Trinajstić information content (AvgIpc) is 2.84. The van der Waals surface area contributed by atoms with Gasteiger partial charge in [-0.2, -0.15) is 13.2 Å². The molecule has 2 amide bonds. The van der Waals surface area contributed by atoms with E-state index in [0.29, 0.717) is 13.1 Å². The van der Waals surface area contributed by atoms with Crippen molar-refractivity contribution in [1.29, 1.82) is 0 Å². The minimum atomic E-state index is -4.54. The van der Waals surface area contributed by atoms with E-state index in [4.69, 9.17) is 11.6 Å². The summed E-state index contributed by atoms with van der Waals surface area (Å²) in [5, 5.41) is 0.0374. The van der Waals surface area contributed by atoms with Crippen LogP contribution in [0.15, 0.2) is 18.2 Å². The molecule has 1 aliphatic heterocycles. The monoisotopic (exact) mass is 390 g/mol. The zero-order valence-corrected chi connectivity index (χ0v) is 15.4. The zero-order valence-electron chi connectivity index (χ0n) is 14.6. The van der Waals surface area contributed by atoms with Crippen molar-refractivity contribution in [1.82, 2.24) is 4.90 Å². The zero-order chi connectivity index (χ0) is 19.3. The molecular formula is C18H22ClF3N2O2. The van der Waals surface area contributed by atoms with Gasteiger partial charge in [-0.15, -0.1) is 0 Å². The normalized spacial score (nSPS) is 15.5. The molecule has 0 bridgehead atoms. The van der Waals surface area contributed by atoms with Crippen LogP contribution in [-0.2, 0) is 15.8 Å². The van der Waals surface area contributed by atoms with Gasteiger partial charge in [0.25, 0.3) is 0 Å². The van der Waals surface area contributed by atoms with Gasteiger partial charge in [0.2, 0.25) is 11.8 Å². The maximum Gasteiger partial charge on any atom is 0.416 e. The van der Waals surface area contributed by atoms with Crippen LogP contribution in [0.1, 0.15) is 44.6 Å². The van der Waals surface area contributed by atoms with Crippen molar-refractivity contribution < 1.29 is 22.8 Å². The molecule has 1 saturated heterocycles. The van der Waals surface area contributed by atoms with Crippen molar-refractivity contribution in [3.8, 4) is 0 Å². The van der Waals surface area contributed by atoms with Crippen LogP contribution in [0.5, 0.6) is 0 Å². The van der Waals surface area contributed by atoms with Gasteiger partial charge < -0.3 is 9.80 Å². The van der Waals surface area contributed by atoms with Gasteiger partial charge in [-0.1, -0.05) is 24.4 Å². The molecule has 0 unspecified atom stereocenters. The number of carbonyl (C=O) groups excluding carboxylic acids is 2. The van der Waals surface area contributed by atoms with Crippen molar-refractivity contribution >= 4 is 29.1 Å². The summed E-state index contributed by atoms with van der Waals surface area (Å²) in [6.07, 6.45) is -0.425. The minimum absolute atomic E-state index is 0.00824. The topological polar surface area (TPSA) is 40.6 Å². The molecule has 0 spiro atoms. The first-order valence-electron chi connectivity index (χ1n) is 8.63. The highest BCUT2D eigenvalue weighted by atomic mass is 35.5. The molecule has 0 aliphatic carbocycles. The quantitative estimate of drug-likeness (QED) is 0.759. The molecule has 0 aromatic heterocycles. The number of benzene rings is 1. The smallest absolute Gasteiger partial charge is 0.343 e. The molecule has 4 nitrogen and oxygen atoms in total. The van der Waals surface area contributed by atoms with Crippen LogP contribution in [0, 0.1) is 0 Å². The number of halogens is 4. The SMILES string of the molecule is CC(=O)N(CCC(=O)N1CCCCCC1)c1cc(C(F)(F)F)ccc1Cl. The Labute approximate surface area is 155 Å². The van der Waals surface area contributed by atoms with Gasteiger partial charge in [0.15, 0.2) is 0 Å². The van der Waals surface area contributed by atoms with Crippen LogP contribution in [0.3, 0.4) is 0 Å². The number of likely N-dealkylation sites (tertiary alicyclic amines) is 1. The molecule has 0 atom stereocenters. The summed E-state index contributed by atoms with van der Waals surface area (Å²) in [5.41, 5.74) is -0.917. The van der Waals surface area contributed by atoms with Crippen molar-refractivity contribution in [3.05, 3.63) is 28.8 Å². The number of nitrogens with zero attached hydrogens (tertiary/aromatic N) is 2. The lowest BCUT2D eigenvalue weighted by Gasteiger charge is -2.25.